The number of hydrogen-bond acceptors (Lipinski definition) is 2. The van der Waals surface area contributed by atoms with Gasteiger partial charge >= 0.3 is 0 Å². The fourth-order valence-corrected chi connectivity index (χ4v) is 0.599. The Labute approximate surface area is 48.8 Å². The monoisotopic (exact) mass is 114 g/mol. The van der Waals surface area contributed by atoms with E-state index in [1.807, 2.05) is 13.0 Å². The van der Waals surface area contributed by atoms with E-state index in [4.69, 9.17) is 9.84 Å². The van der Waals surface area contributed by atoms with Gasteiger partial charge in [-0.1, -0.05) is 12.2 Å². The quantitative estimate of drug-likeness (QED) is 0.414. The van der Waals surface area contributed by atoms with E-state index in [0.29, 0.717) is 6.10 Å². The zero-order valence-electron chi connectivity index (χ0n) is 4.87. The summed E-state index contributed by atoms with van der Waals surface area (Å²) in [6.45, 7) is 2.12. The highest BCUT2D eigenvalue weighted by Gasteiger charge is 2.30. The molecule has 1 aliphatic rings. The van der Waals surface area contributed by atoms with Crippen molar-refractivity contribution in [1.82, 2.24) is 0 Å². The SMILES string of the molecule is CC1OC1C=CCO. The highest BCUT2D eigenvalue weighted by molar-refractivity contribution is 5.00. The second-order valence-electron chi connectivity index (χ2n) is 1.92. The molecule has 1 rings (SSSR count). The zero-order valence-corrected chi connectivity index (χ0v) is 4.87. The van der Waals surface area contributed by atoms with Crippen LogP contribution in [0, 0.1) is 0 Å². The van der Waals surface area contributed by atoms with E-state index in [1.54, 1.807) is 6.08 Å². The number of hydrogen-bond donors (Lipinski definition) is 1. The van der Waals surface area contributed by atoms with Crippen molar-refractivity contribution in [2.75, 3.05) is 6.61 Å². The maximum atomic E-state index is 8.29. The summed E-state index contributed by atoms with van der Waals surface area (Å²) >= 11 is 0. The first kappa shape index (κ1) is 5.79. The van der Waals surface area contributed by atoms with Crippen molar-refractivity contribution in [3.8, 4) is 0 Å². The van der Waals surface area contributed by atoms with E-state index < -0.39 is 0 Å². The van der Waals surface area contributed by atoms with Gasteiger partial charge < -0.3 is 9.84 Å². The van der Waals surface area contributed by atoms with E-state index >= 15 is 0 Å². The van der Waals surface area contributed by atoms with Crippen LogP contribution in [0.4, 0.5) is 0 Å². The minimum Gasteiger partial charge on any atom is -0.392 e. The predicted molar refractivity (Wildman–Crippen MR) is 30.6 cm³/mol. The second kappa shape index (κ2) is 2.29. The standard InChI is InChI=1S/C6H10O2/c1-5-6(8-5)3-2-4-7/h2-3,5-7H,4H2,1H3. The number of ether oxygens (including phenoxy) is 1. The molecule has 0 aliphatic carbocycles. The van der Waals surface area contributed by atoms with Crippen LogP contribution in [-0.2, 0) is 4.74 Å². The summed E-state index contributed by atoms with van der Waals surface area (Å²) in [4.78, 5) is 0. The summed E-state index contributed by atoms with van der Waals surface area (Å²) in [5.41, 5.74) is 0. The lowest BCUT2D eigenvalue weighted by Crippen LogP contribution is -1.82. The molecule has 0 spiro atoms. The summed E-state index contributed by atoms with van der Waals surface area (Å²) in [5, 5.41) is 8.29. The van der Waals surface area contributed by atoms with Gasteiger partial charge in [-0.2, -0.15) is 0 Å². The second-order valence-corrected chi connectivity index (χ2v) is 1.92. The topological polar surface area (TPSA) is 32.8 Å². The Kier molecular flexibility index (Phi) is 1.65. The molecule has 0 aromatic heterocycles. The average molecular weight is 114 g/mol. The van der Waals surface area contributed by atoms with Gasteiger partial charge in [-0.25, -0.2) is 0 Å². The molecule has 46 valence electrons. The van der Waals surface area contributed by atoms with Crippen LogP contribution in [0.25, 0.3) is 0 Å². The van der Waals surface area contributed by atoms with Crippen molar-refractivity contribution in [3.63, 3.8) is 0 Å². The molecule has 1 heterocycles. The van der Waals surface area contributed by atoms with Crippen LogP contribution >= 0.6 is 0 Å². The van der Waals surface area contributed by atoms with Crippen molar-refractivity contribution in [2.24, 2.45) is 0 Å². The molecule has 2 unspecified atom stereocenters. The van der Waals surface area contributed by atoms with Gasteiger partial charge in [0.05, 0.1) is 12.7 Å². The Morgan fingerprint density at radius 3 is 2.75 bits per heavy atom. The van der Waals surface area contributed by atoms with Crippen molar-refractivity contribution in [1.29, 1.82) is 0 Å². The molecule has 0 saturated carbocycles. The number of aliphatic hydroxyl groups is 1. The third-order valence-corrected chi connectivity index (χ3v) is 1.19. The minimum absolute atomic E-state index is 0.118. The van der Waals surface area contributed by atoms with Crippen molar-refractivity contribution >= 4 is 0 Å². The van der Waals surface area contributed by atoms with Crippen molar-refractivity contribution in [2.45, 2.75) is 19.1 Å². The number of rotatable bonds is 2. The summed E-state index contributed by atoms with van der Waals surface area (Å²) in [6.07, 6.45) is 4.23. The molecule has 2 atom stereocenters. The lowest BCUT2D eigenvalue weighted by atomic mass is 10.3. The first-order valence-electron chi connectivity index (χ1n) is 2.77. The highest BCUT2D eigenvalue weighted by atomic mass is 16.6. The Balaban J connectivity index is 2.12. The van der Waals surface area contributed by atoms with Gasteiger partial charge in [0, 0.05) is 0 Å². The van der Waals surface area contributed by atoms with Gasteiger partial charge in [-0.3, -0.25) is 0 Å². The van der Waals surface area contributed by atoms with E-state index in [2.05, 4.69) is 0 Å². The predicted octanol–water partition coefficient (Wildman–Crippen LogP) is 0.322. The summed E-state index contributed by atoms with van der Waals surface area (Å²) in [7, 11) is 0. The van der Waals surface area contributed by atoms with Crippen molar-refractivity contribution in [3.05, 3.63) is 12.2 Å². The Morgan fingerprint density at radius 2 is 2.38 bits per heavy atom. The maximum Gasteiger partial charge on any atom is 0.102 e. The lowest BCUT2D eigenvalue weighted by Gasteiger charge is -1.74. The van der Waals surface area contributed by atoms with Gasteiger partial charge in [0.1, 0.15) is 6.10 Å². The third-order valence-electron chi connectivity index (χ3n) is 1.19. The van der Waals surface area contributed by atoms with E-state index in [0.717, 1.165) is 0 Å². The van der Waals surface area contributed by atoms with Crippen LogP contribution in [0.15, 0.2) is 12.2 Å². The summed E-state index contributed by atoms with van der Waals surface area (Å²) < 4.78 is 5.02. The molecule has 0 aromatic carbocycles. The fraction of sp³-hybridized carbons (Fsp3) is 0.667. The van der Waals surface area contributed by atoms with Gasteiger partial charge in [0.15, 0.2) is 0 Å². The molecule has 1 saturated heterocycles. The number of aliphatic hydroxyl groups excluding tert-OH is 1. The maximum absolute atomic E-state index is 8.29. The van der Waals surface area contributed by atoms with E-state index in [1.165, 1.54) is 0 Å². The Hall–Kier alpha value is -0.340. The average Bonchev–Trinajstić information content (AvgIpc) is 2.42. The largest absolute Gasteiger partial charge is 0.392 e. The molecule has 0 amide bonds. The highest BCUT2D eigenvalue weighted by Crippen LogP contribution is 2.21. The first-order chi connectivity index (χ1) is 3.84. The fourth-order valence-electron chi connectivity index (χ4n) is 0.599. The molecular weight excluding hydrogens is 104 g/mol. The smallest absolute Gasteiger partial charge is 0.102 e. The summed E-state index contributed by atoms with van der Waals surface area (Å²) in [5.74, 6) is 0. The summed E-state index contributed by atoms with van der Waals surface area (Å²) in [6, 6.07) is 0. The van der Waals surface area contributed by atoms with Crippen LogP contribution in [0.3, 0.4) is 0 Å². The lowest BCUT2D eigenvalue weighted by molar-refractivity contribution is 0.341. The van der Waals surface area contributed by atoms with Crippen LogP contribution in [0.1, 0.15) is 6.92 Å². The Bertz CT molecular complexity index is 98.7. The van der Waals surface area contributed by atoms with Crippen LogP contribution < -0.4 is 0 Å². The van der Waals surface area contributed by atoms with Crippen LogP contribution in [0.5, 0.6) is 0 Å². The first-order valence-corrected chi connectivity index (χ1v) is 2.77. The van der Waals surface area contributed by atoms with E-state index in [-0.39, 0.29) is 12.7 Å². The number of epoxide rings is 1. The van der Waals surface area contributed by atoms with Crippen LogP contribution in [0.2, 0.25) is 0 Å². The van der Waals surface area contributed by atoms with Gasteiger partial charge in [-0.15, -0.1) is 0 Å². The molecule has 8 heavy (non-hydrogen) atoms. The molecule has 1 N–H and O–H groups in total. The molecule has 2 heteroatoms. The van der Waals surface area contributed by atoms with Gasteiger partial charge in [0.25, 0.3) is 0 Å². The van der Waals surface area contributed by atoms with Crippen LogP contribution in [-0.4, -0.2) is 23.9 Å². The molecule has 2 nitrogen and oxygen atoms in total. The molecule has 1 aliphatic heterocycles. The third kappa shape index (κ3) is 1.32. The molecule has 0 bridgehead atoms. The van der Waals surface area contributed by atoms with Crippen molar-refractivity contribution < 1.29 is 9.84 Å². The normalized spacial score (nSPS) is 36.2. The minimum atomic E-state index is 0.118. The van der Waals surface area contributed by atoms with Gasteiger partial charge in [0.2, 0.25) is 0 Å². The Morgan fingerprint density at radius 1 is 1.75 bits per heavy atom. The van der Waals surface area contributed by atoms with E-state index in [9.17, 15) is 0 Å². The van der Waals surface area contributed by atoms with Gasteiger partial charge in [-0.05, 0) is 6.92 Å². The molecule has 1 fully saturated rings. The molecular formula is C6H10O2. The molecule has 0 aromatic rings. The zero-order chi connectivity index (χ0) is 5.98. The molecule has 0 radical (unpaired) electrons.